The third-order valence-electron chi connectivity index (χ3n) is 1.40. The molecule has 5 nitrogen and oxygen atoms in total. The summed E-state index contributed by atoms with van der Waals surface area (Å²) in [6, 6.07) is 1.44. The number of nitrogens with zero attached hydrogens (tertiary/aromatic N) is 3. The maximum absolute atomic E-state index is 11.1. The SMILES string of the molecule is [N-]=[N+]=NCC=Cc1c[nH]ccc1=O. The zero-order valence-electron chi connectivity index (χ0n) is 6.84. The molecule has 0 bridgehead atoms. The maximum atomic E-state index is 11.1. The molecular formula is C8H8N4O. The second-order valence-electron chi connectivity index (χ2n) is 2.28. The van der Waals surface area contributed by atoms with Crippen molar-refractivity contribution in [2.75, 3.05) is 6.54 Å². The van der Waals surface area contributed by atoms with Crippen molar-refractivity contribution in [2.24, 2.45) is 5.11 Å². The van der Waals surface area contributed by atoms with Crippen LogP contribution in [0.1, 0.15) is 5.56 Å². The van der Waals surface area contributed by atoms with E-state index in [2.05, 4.69) is 15.0 Å². The van der Waals surface area contributed by atoms with Crippen LogP contribution in [-0.4, -0.2) is 11.5 Å². The molecule has 0 amide bonds. The van der Waals surface area contributed by atoms with Gasteiger partial charge in [-0.05, 0) is 5.53 Å². The molecule has 1 rings (SSSR count). The largest absolute Gasteiger partial charge is 0.367 e. The molecule has 0 fully saturated rings. The molecule has 0 unspecified atom stereocenters. The van der Waals surface area contributed by atoms with Crippen LogP contribution in [0.2, 0.25) is 0 Å². The minimum atomic E-state index is -0.0593. The van der Waals surface area contributed by atoms with Gasteiger partial charge in [0, 0.05) is 35.5 Å². The summed E-state index contributed by atoms with van der Waals surface area (Å²) in [6.07, 6.45) is 6.40. The Bertz CT molecular complexity index is 401. The first-order valence-corrected chi connectivity index (χ1v) is 3.69. The minimum absolute atomic E-state index is 0.0593. The summed E-state index contributed by atoms with van der Waals surface area (Å²) in [5, 5.41) is 3.30. The van der Waals surface area contributed by atoms with E-state index in [9.17, 15) is 4.79 Å². The van der Waals surface area contributed by atoms with Crippen molar-refractivity contribution in [3.8, 4) is 0 Å². The quantitative estimate of drug-likeness (QED) is 0.424. The molecule has 0 aliphatic rings. The van der Waals surface area contributed by atoms with Crippen molar-refractivity contribution in [2.45, 2.75) is 0 Å². The summed E-state index contributed by atoms with van der Waals surface area (Å²) in [7, 11) is 0. The molecule has 1 N–H and O–H groups in total. The summed E-state index contributed by atoms with van der Waals surface area (Å²) >= 11 is 0. The average Bonchev–Trinajstić information content (AvgIpc) is 2.15. The molecule has 0 aliphatic carbocycles. The Kier molecular flexibility index (Phi) is 3.35. The summed E-state index contributed by atoms with van der Waals surface area (Å²) in [5.74, 6) is 0. The number of nitrogens with one attached hydrogen (secondary N) is 1. The van der Waals surface area contributed by atoms with Gasteiger partial charge in [-0.2, -0.15) is 0 Å². The van der Waals surface area contributed by atoms with E-state index in [1.165, 1.54) is 6.07 Å². The van der Waals surface area contributed by atoms with Crippen molar-refractivity contribution in [1.82, 2.24) is 4.98 Å². The molecule has 1 heterocycles. The number of aromatic nitrogens is 1. The first-order chi connectivity index (χ1) is 6.34. The molecule has 0 aromatic carbocycles. The van der Waals surface area contributed by atoms with E-state index in [4.69, 9.17) is 5.53 Å². The highest BCUT2D eigenvalue weighted by molar-refractivity contribution is 5.47. The fourth-order valence-corrected chi connectivity index (χ4v) is 0.823. The van der Waals surface area contributed by atoms with Crippen LogP contribution in [0.5, 0.6) is 0 Å². The van der Waals surface area contributed by atoms with Crippen molar-refractivity contribution in [3.05, 3.63) is 50.8 Å². The van der Waals surface area contributed by atoms with E-state index >= 15 is 0 Å². The zero-order valence-corrected chi connectivity index (χ0v) is 6.84. The Hall–Kier alpha value is -2.00. The lowest BCUT2D eigenvalue weighted by Gasteiger charge is -1.88. The second kappa shape index (κ2) is 4.79. The van der Waals surface area contributed by atoms with E-state index < -0.39 is 0 Å². The van der Waals surface area contributed by atoms with Gasteiger partial charge in [0.15, 0.2) is 5.43 Å². The lowest BCUT2D eigenvalue weighted by molar-refractivity contribution is 1.22. The highest BCUT2D eigenvalue weighted by atomic mass is 16.1. The monoisotopic (exact) mass is 176 g/mol. The number of hydrogen-bond donors (Lipinski definition) is 1. The number of rotatable bonds is 3. The molecule has 0 atom stereocenters. The Labute approximate surface area is 74.4 Å². The lowest BCUT2D eigenvalue weighted by atomic mass is 10.2. The van der Waals surface area contributed by atoms with Gasteiger partial charge in [-0.15, -0.1) is 0 Å². The molecular weight excluding hydrogens is 168 g/mol. The van der Waals surface area contributed by atoms with Crippen LogP contribution in [0, 0.1) is 0 Å². The normalized spacial score (nSPS) is 9.85. The van der Waals surface area contributed by atoms with Crippen LogP contribution >= 0.6 is 0 Å². The molecule has 1 aromatic rings. The van der Waals surface area contributed by atoms with Crippen LogP contribution < -0.4 is 5.43 Å². The average molecular weight is 176 g/mol. The van der Waals surface area contributed by atoms with Gasteiger partial charge in [0.05, 0.1) is 0 Å². The van der Waals surface area contributed by atoms with Crippen molar-refractivity contribution >= 4 is 6.08 Å². The van der Waals surface area contributed by atoms with Gasteiger partial charge in [0.25, 0.3) is 0 Å². The van der Waals surface area contributed by atoms with Crippen molar-refractivity contribution < 1.29 is 0 Å². The first kappa shape index (κ1) is 9.09. The van der Waals surface area contributed by atoms with Gasteiger partial charge >= 0.3 is 0 Å². The highest BCUT2D eigenvalue weighted by Gasteiger charge is 1.89. The summed E-state index contributed by atoms with van der Waals surface area (Å²) < 4.78 is 0. The topological polar surface area (TPSA) is 81.6 Å². The van der Waals surface area contributed by atoms with Crippen LogP contribution in [0.4, 0.5) is 0 Å². The number of azide groups is 1. The third-order valence-corrected chi connectivity index (χ3v) is 1.40. The number of H-pyrrole nitrogens is 1. The van der Waals surface area contributed by atoms with E-state index in [1.807, 2.05) is 0 Å². The van der Waals surface area contributed by atoms with E-state index in [0.29, 0.717) is 5.56 Å². The van der Waals surface area contributed by atoms with Crippen molar-refractivity contribution in [1.29, 1.82) is 0 Å². The Morgan fingerprint density at radius 1 is 1.69 bits per heavy atom. The fourth-order valence-electron chi connectivity index (χ4n) is 0.823. The fraction of sp³-hybridized carbons (Fsp3) is 0.125. The van der Waals surface area contributed by atoms with E-state index in [0.717, 1.165) is 0 Å². The van der Waals surface area contributed by atoms with E-state index in [1.54, 1.807) is 24.5 Å². The molecule has 0 saturated heterocycles. The van der Waals surface area contributed by atoms with Gasteiger partial charge in [-0.3, -0.25) is 4.79 Å². The smallest absolute Gasteiger partial charge is 0.188 e. The number of hydrogen-bond acceptors (Lipinski definition) is 2. The van der Waals surface area contributed by atoms with Crippen LogP contribution in [-0.2, 0) is 0 Å². The predicted octanol–water partition coefficient (Wildman–Crippen LogP) is 1.70. The molecule has 1 aromatic heterocycles. The molecule has 13 heavy (non-hydrogen) atoms. The van der Waals surface area contributed by atoms with Gasteiger partial charge in [-0.25, -0.2) is 0 Å². The van der Waals surface area contributed by atoms with Crippen LogP contribution in [0.3, 0.4) is 0 Å². The molecule has 66 valence electrons. The van der Waals surface area contributed by atoms with Gasteiger partial charge in [0.2, 0.25) is 0 Å². The van der Waals surface area contributed by atoms with Crippen molar-refractivity contribution in [3.63, 3.8) is 0 Å². The molecule has 0 spiro atoms. The summed E-state index contributed by atoms with van der Waals surface area (Å²) in [4.78, 5) is 16.5. The Morgan fingerprint density at radius 2 is 2.54 bits per heavy atom. The van der Waals surface area contributed by atoms with Gasteiger partial charge in [-0.1, -0.05) is 17.3 Å². The maximum Gasteiger partial charge on any atom is 0.188 e. The second-order valence-corrected chi connectivity index (χ2v) is 2.28. The number of pyridine rings is 1. The van der Waals surface area contributed by atoms with Crippen LogP contribution in [0.15, 0.2) is 34.4 Å². The van der Waals surface area contributed by atoms with Crippen LogP contribution in [0.25, 0.3) is 16.5 Å². The number of aromatic amines is 1. The molecule has 0 aliphatic heterocycles. The highest BCUT2D eigenvalue weighted by Crippen LogP contribution is 1.91. The van der Waals surface area contributed by atoms with Gasteiger partial charge in [0.1, 0.15) is 0 Å². The molecule has 5 heteroatoms. The first-order valence-electron chi connectivity index (χ1n) is 3.69. The summed E-state index contributed by atoms with van der Waals surface area (Å²) in [6.45, 7) is 0.255. The molecule has 0 saturated carbocycles. The summed E-state index contributed by atoms with van der Waals surface area (Å²) in [5.41, 5.74) is 8.47. The Morgan fingerprint density at radius 3 is 3.23 bits per heavy atom. The zero-order chi connectivity index (χ0) is 9.52. The minimum Gasteiger partial charge on any atom is -0.367 e. The predicted molar refractivity (Wildman–Crippen MR) is 50.1 cm³/mol. The Balaban J connectivity index is 2.74. The lowest BCUT2D eigenvalue weighted by Crippen LogP contribution is -2.01. The third kappa shape index (κ3) is 2.84. The standard InChI is InChI=1S/C8H8N4O/c9-12-11-4-1-2-7-6-10-5-3-8(7)13/h1-3,5-6H,4H2,(H,10,13). The van der Waals surface area contributed by atoms with E-state index in [-0.39, 0.29) is 12.0 Å². The molecule has 0 radical (unpaired) electrons. The van der Waals surface area contributed by atoms with Gasteiger partial charge < -0.3 is 4.98 Å².